The molecule has 0 saturated heterocycles. The summed E-state index contributed by atoms with van der Waals surface area (Å²) < 4.78 is 17.8. The highest BCUT2D eigenvalue weighted by molar-refractivity contribution is 5.88. The summed E-state index contributed by atoms with van der Waals surface area (Å²) in [6.45, 7) is 3.73. The van der Waals surface area contributed by atoms with Gasteiger partial charge in [-0.15, -0.1) is 5.10 Å². The summed E-state index contributed by atoms with van der Waals surface area (Å²) in [6.07, 6.45) is -0.332. The van der Waals surface area contributed by atoms with Gasteiger partial charge < -0.3 is 19.5 Å². The average Bonchev–Trinajstić information content (AvgIpc) is 3.15. The van der Waals surface area contributed by atoms with E-state index < -0.39 is 18.5 Å². The van der Waals surface area contributed by atoms with Crippen molar-refractivity contribution in [1.29, 1.82) is 0 Å². The summed E-state index contributed by atoms with van der Waals surface area (Å²) in [6, 6.07) is 9.13. The van der Waals surface area contributed by atoms with Crippen molar-refractivity contribution >= 4 is 17.7 Å². The lowest BCUT2D eigenvalue weighted by Gasteiger charge is -2.26. The summed E-state index contributed by atoms with van der Waals surface area (Å²) >= 11 is 0. The van der Waals surface area contributed by atoms with Gasteiger partial charge in [-0.3, -0.25) is 4.79 Å². The zero-order chi connectivity index (χ0) is 20.4. The molecule has 3 heterocycles. The second-order valence-electron chi connectivity index (χ2n) is 6.56. The third-order valence-electron chi connectivity index (χ3n) is 4.23. The van der Waals surface area contributed by atoms with E-state index in [0.29, 0.717) is 23.9 Å². The van der Waals surface area contributed by atoms with Gasteiger partial charge in [0.2, 0.25) is 0 Å². The van der Waals surface area contributed by atoms with Crippen LogP contribution in [0.4, 0.5) is 0 Å². The van der Waals surface area contributed by atoms with E-state index in [4.69, 9.17) is 14.2 Å². The molecule has 0 radical (unpaired) electrons. The molecule has 0 fully saturated rings. The number of benzene rings is 1. The zero-order valence-corrected chi connectivity index (χ0v) is 15.9. The number of amides is 1. The number of para-hydroxylation sites is 2. The number of hydrogen-bond acceptors (Lipinski definition) is 8. The number of rotatable bonds is 5. The minimum Gasteiger partial charge on any atom is -0.486 e. The fraction of sp³-hybridized carbons (Fsp3) is 0.316. The first-order chi connectivity index (χ1) is 14.0. The molecule has 150 valence electrons. The molecule has 0 saturated carbocycles. The second kappa shape index (κ2) is 7.74. The van der Waals surface area contributed by atoms with E-state index in [1.165, 1.54) is 4.52 Å². The molecule has 2 aromatic heterocycles. The van der Waals surface area contributed by atoms with Crippen LogP contribution in [-0.4, -0.2) is 57.3 Å². The van der Waals surface area contributed by atoms with E-state index >= 15 is 0 Å². The van der Waals surface area contributed by atoms with Gasteiger partial charge in [-0.25, -0.2) is 14.3 Å². The zero-order valence-electron chi connectivity index (χ0n) is 15.9. The summed E-state index contributed by atoms with van der Waals surface area (Å²) in [7, 11) is 0. The number of ether oxygens (including phenoxy) is 3. The summed E-state index contributed by atoms with van der Waals surface area (Å²) in [5.74, 6) is 0.183. The Labute approximate surface area is 165 Å². The molecule has 3 aromatic rings. The fourth-order valence-electron chi connectivity index (χ4n) is 2.89. The Hall–Kier alpha value is -3.69. The first-order valence-electron chi connectivity index (χ1n) is 9.03. The third kappa shape index (κ3) is 4.10. The van der Waals surface area contributed by atoms with E-state index in [9.17, 15) is 9.59 Å². The number of fused-ring (bicyclic) bond motifs is 2. The summed E-state index contributed by atoms with van der Waals surface area (Å²) in [5.41, 5.74) is 1.55. The van der Waals surface area contributed by atoms with Gasteiger partial charge in [0.15, 0.2) is 18.1 Å². The Morgan fingerprint density at radius 2 is 2.03 bits per heavy atom. The van der Waals surface area contributed by atoms with Gasteiger partial charge in [-0.1, -0.05) is 12.1 Å². The number of nitrogens with zero attached hydrogens (tertiary/aromatic N) is 4. The Morgan fingerprint density at radius 1 is 1.24 bits per heavy atom. The van der Waals surface area contributed by atoms with Crippen molar-refractivity contribution in [3.63, 3.8) is 0 Å². The van der Waals surface area contributed by atoms with Crippen molar-refractivity contribution < 1.29 is 23.8 Å². The number of aromatic nitrogens is 4. The molecule has 1 aliphatic heterocycles. The normalized spacial score (nSPS) is 15.2. The molecule has 10 nitrogen and oxygen atoms in total. The summed E-state index contributed by atoms with van der Waals surface area (Å²) in [4.78, 5) is 32.4. The smallest absolute Gasteiger partial charge is 0.378 e. The Balaban J connectivity index is 1.28. The molecule has 1 aromatic carbocycles. The van der Waals surface area contributed by atoms with Crippen LogP contribution in [0.25, 0.3) is 5.78 Å². The Bertz CT molecular complexity index is 1080. The number of hydrogen-bond donors (Lipinski definition) is 1. The molecule has 10 heteroatoms. The van der Waals surface area contributed by atoms with Crippen molar-refractivity contribution in [2.45, 2.75) is 20.0 Å². The number of nitrogens with one attached hydrogen (secondary N) is 1. The lowest BCUT2D eigenvalue weighted by atomic mass is 10.2. The van der Waals surface area contributed by atoms with Gasteiger partial charge in [0.05, 0.1) is 6.54 Å². The van der Waals surface area contributed by atoms with Crippen LogP contribution in [0.5, 0.6) is 11.5 Å². The number of carbonyl (C=O) groups is 2. The molecule has 1 atom stereocenters. The maximum absolute atomic E-state index is 12.1. The van der Waals surface area contributed by atoms with Crippen LogP contribution in [0.2, 0.25) is 0 Å². The molecule has 4 rings (SSSR count). The SMILES string of the molecule is Cc1cc(C)n2nc(C(=O)OCC(=O)NC[C@@H]3COc4ccccc4O3)nc2n1. The molecule has 0 aliphatic carbocycles. The molecule has 0 bridgehead atoms. The molecule has 0 unspecified atom stereocenters. The number of aryl methyl sites for hydroxylation is 2. The van der Waals surface area contributed by atoms with E-state index in [2.05, 4.69) is 20.4 Å². The highest BCUT2D eigenvalue weighted by Crippen LogP contribution is 2.30. The van der Waals surface area contributed by atoms with Crippen LogP contribution < -0.4 is 14.8 Å². The first-order valence-corrected chi connectivity index (χ1v) is 9.03. The Kier molecular flexibility index (Phi) is 4.98. The maximum Gasteiger partial charge on any atom is 0.378 e. The number of esters is 1. The van der Waals surface area contributed by atoms with Gasteiger partial charge in [0.1, 0.15) is 12.7 Å². The lowest BCUT2D eigenvalue weighted by molar-refractivity contribution is -0.124. The Morgan fingerprint density at radius 3 is 2.86 bits per heavy atom. The van der Waals surface area contributed by atoms with Gasteiger partial charge in [0.25, 0.3) is 17.5 Å². The second-order valence-corrected chi connectivity index (χ2v) is 6.56. The van der Waals surface area contributed by atoms with Crippen LogP contribution in [-0.2, 0) is 9.53 Å². The van der Waals surface area contributed by atoms with E-state index in [1.54, 1.807) is 6.07 Å². The van der Waals surface area contributed by atoms with Crippen molar-refractivity contribution in [2.24, 2.45) is 0 Å². The minimum absolute atomic E-state index is 0.153. The van der Waals surface area contributed by atoms with E-state index in [1.807, 2.05) is 38.1 Å². The van der Waals surface area contributed by atoms with Crippen molar-refractivity contribution in [3.8, 4) is 11.5 Å². The van der Waals surface area contributed by atoms with Gasteiger partial charge in [-0.2, -0.15) is 4.98 Å². The molecule has 1 amide bonds. The standard InChI is InChI=1S/C19H19N5O5/c1-11-7-12(2)24-19(21-11)22-17(23-24)18(26)28-10-16(25)20-8-13-9-27-14-5-3-4-6-15(14)29-13/h3-7,13H,8-10H2,1-2H3,(H,20,25)/t13-/m1/s1. The quantitative estimate of drug-likeness (QED) is 0.630. The van der Waals surface area contributed by atoms with Crippen LogP contribution in [0, 0.1) is 13.8 Å². The van der Waals surface area contributed by atoms with Crippen LogP contribution in [0.3, 0.4) is 0 Å². The number of carbonyl (C=O) groups excluding carboxylic acids is 2. The topological polar surface area (TPSA) is 117 Å². The molecule has 0 spiro atoms. The minimum atomic E-state index is -0.797. The fourth-order valence-corrected chi connectivity index (χ4v) is 2.89. The predicted molar refractivity (Wildman–Crippen MR) is 99.9 cm³/mol. The van der Waals surface area contributed by atoms with Crippen LogP contribution in [0.15, 0.2) is 30.3 Å². The van der Waals surface area contributed by atoms with Crippen molar-refractivity contribution in [1.82, 2.24) is 24.9 Å². The van der Waals surface area contributed by atoms with Crippen molar-refractivity contribution in [2.75, 3.05) is 19.8 Å². The van der Waals surface area contributed by atoms with Gasteiger partial charge in [0, 0.05) is 11.4 Å². The third-order valence-corrected chi connectivity index (χ3v) is 4.23. The predicted octanol–water partition coefficient (Wildman–Crippen LogP) is 0.854. The molecule has 1 N–H and O–H groups in total. The van der Waals surface area contributed by atoms with Gasteiger partial charge in [-0.05, 0) is 32.0 Å². The largest absolute Gasteiger partial charge is 0.486 e. The molecule has 1 aliphatic rings. The van der Waals surface area contributed by atoms with E-state index in [0.717, 1.165) is 11.4 Å². The van der Waals surface area contributed by atoms with Crippen molar-refractivity contribution in [3.05, 3.63) is 47.5 Å². The monoisotopic (exact) mass is 397 g/mol. The molecule has 29 heavy (non-hydrogen) atoms. The highest BCUT2D eigenvalue weighted by Gasteiger charge is 2.22. The van der Waals surface area contributed by atoms with Crippen LogP contribution in [0.1, 0.15) is 22.0 Å². The first kappa shape index (κ1) is 18.7. The lowest BCUT2D eigenvalue weighted by Crippen LogP contribution is -2.42. The molecular weight excluding hydrogens is 378 g/mol. The van der Waals surface area contributed by atoms with Gasteiger partial charge >= 0.3 is 5.97 Å². The highest BCUT2D eigenvalue weighted by atomic mass is 16.6. The van der Waals surface area contributed by atoms with E-state index in [-0.39, 0.29) is 18.5 Å². The average molecular weight is 397 g/mol. The van der Waals surface area contributed by atoms with Crippen LogP contribution >= 0.6 is 0 Å². The summed E-state index contributed by atoms with van der Waals surface area (Å²) in [5, 5.41) is 6.73. The maximum atomic E-state index is 12.1. The molecular formula is C19H19N5O5.